The number of benzene rings is 3. The number of nitrogens with zero attached hydrogens (tertiary/aromatic N) is 2. The zero-order chi connectivity index (χ0) is 27.2. The first kappa shape index (κ1) is 27.1. The highest BCUT2D eigenvalue weighted by Gasteiger charge is 2.32. The van der Waals surface area contributed by atoms with E-state index < -0.39 is 35.0 Å². The van der Waals surface area contributed by atoms with E-state index >= 15 is 0 Å². The number of carbonyl (C=O) groups excluding carboxylic acids is 2. The molecule has 0 bridgehead atoms. The molecule has 14 heteroatoms. The molecule has 0 aliphatic carbocycles. The van der Waals surface area contributed by atoms with Gasteiger partial charge in [0.05, 0.1) is 17.7 Å². The van der Waals surface area contributed by atoms with Crippen LogP contribution in [-0.4, -0.2) is 34.6 Å². The lowest BCUT2D eigenvalue weighted by atomic mass is 10.1. The minimum atomic E-state index is -4.87. The summed E-state index contributed by atoms with van der Waals surface area (Å²) in [5, 5.41) is 16.1. The van der Waals surface area contributed by atoms with Gasteiger partial charge in [-0.3, -0.25) is 19.2 Å². The van der Waals surface area contributed by atoms with Crippen LogP contribution in [0.1, 0.15) is 11.6 Å². The molecule has 10 nitrogen and oxygen atoms in total. The number of nitro benzene ring substituents is 1. The van der Waals surface area contributed by atoms with Crippen LogP contribution in [0, 0.1) is 10.1 Å². The Labute approximate surface area is 213 Å². The van der Waals surface area contributed by atoms with Crippen LogP contribution >= 0.6 is 12.8 Å². The number of hydrogen-bond donors (Lipinski definition) is 3. The third kappa shape index (κ3) is 7.27. The number of ether oxygens (including phenoxy) is 2. The van der Waals surface area contributed by atoms with Gasteiger partial charge in [0, 0.05) is 17.8 Å². The molecule has 0 aromatic heterocycles. The second-order valence-electron chi connectivity index (χ2n) is 7.29. The Kier molecular flexibility index (Phi) is 8.45. The molecule has 0 spiro atoms. The number of hydrogen-bond acceptors (Lipinski definition) is 7. The summed E-state index contributed by atoms with van der Waals surface area (Å²) >= 11 is 4.20. The fourth-order valence-electron chi connectivity index (χ4n) is 3.19. The van der Waals surface area contributed by atoms with Crippen molar-refractivity contribution in [3.05, 3.63) is 88.5 Å². The van der Waals surface area contributed by atoms with Crippen LogP contribution in [0.3, 0.4) is 0 Å². The van der Waals surface area contributed by atoms with Gasteiger partial charge in [0.15, 0.2) is 0 Å². The van der Waals surface area contributed by atoms with E-state index in [1.165, 1.54) is 31.4 Å². The van der Waals surface area contributed by atoms with Gasteiger partial charge in [0.25, 0.3) is 11.6 Å². The number of urea groups is 1. The minimum Gasteiger partial charge on any atom is -0.495 e. The Bertz CT molecular complexity index is 1280. The Morgan fingerprint density at radius 2 is 1.68 bits per heavy atom. The van der Waals surface area contributed by atoms with Gasteiger partial charge in [-0.2, -0.15) is 0 Å². The molecule has 0 saturated heterocycles. The highest BCUT2D eigenvalue weighted by Crippen LogP contribution is 2.31. The molecule has 0 aliphatic heterocycles. The van der Waals surface area contributed by atoms with Gasteiger partial charge in [0.1, 0.15) is 17.5 Å². The molecule has 3 aromatic rings. The quantitative estimate of drug-likeness (QED) is 0.197. The second kappa shape index (κ2) is 11.5. The molecule has 0 fully saturated rings. The van der Waals surface area contributed by atoms with E-state index in [1.807, 2.05) is 0 Å². The predicted octanol–water partition coefficient (Wildman–Crippen LogP) is 5.56. The Morgan fingerprint density at radius 1 is 1.03 bits per heavy atom. The average Bonchev–Trinajstić information content (AvgIpc) is 2.85. The smallest absolute Gasteiger partial charge is 0.495 e. The zero-order valence-electron chi connectivity index (χ0n) is 18.9. The molecule has 3 aromatic carbocycles. The topological polar surface area (TPSA) is 123 Å². The van der Waals surface area contributed by atoms with E-state index in [2.05, 4.69) is 28.2 Å². The van der Waals surface area contributed by atoms with E-state index in [0.29, 0.717) is 5.56 Å². The summed E-state index contributed by atoms with van der Waals surface area (Å²) in [5.41, 5.74) is 0.140. The lowest BCUT2D eigenvalue weighted by molar-refractivity contribution is -0.384. The van der Waals surface area contributed by atoms with Crippen molar-refractivity contribution in [3.63, 3.8) is 0 Å². The van der Waals surface area contributed by atoms with Crippen LogP contribution in [0.25, 0.3) is 0 Å². The van der Waals surface area contributed by atoms with E-state index in [4.69, 9.17) is 4.74 Å². The molecular weight excluding hydrogens is 517 g/mol. The van der Waals surface area contributed by atoms with Crippen molar-refractivity contribution in [1.82, 2.24) is 4.31 Å². The van der Waals surface area contributed by atoms with E-state index in [-0.39, 0.29) is 22.8 Å². The number of methoxy groups -OCH3 is 1. The van der Waals surface area contributed by atoms with Crippen LogP contribution in [0.5, 0.6) is 11.5 Å². The molecule has 3 rings (SSSR count). The van der Waals surface area contributed by atoms with Gasteiger partial charge in [-0.1, -0.05) is 43.1 Å². The van der Waals surface area contributed by atoms with Crippen LogP contribution in [0.2, 0.25) is 0 Å². The van der Waals surface area contributed by atoms with Crippen LogP contribution in [-0.2, 0) is 4.79 Å². The number of nitrogens with one attached hydrogen (secondary N) is 2. The maximum atomic E-state index is 13.2. The lowest BCUT2D eigenvalue weighted by Crippen LogP contribution is -2.38. The van der Waals surface area contributed by atoms with Crippen LogP contribution in [0.4, 0.5) is 35.0 Å². The fraction of sp³-hybridized carbons (Fsp3) is 0.130. The van der Waals surface area contributed by atoms with Gasteiger partial charge < -0.3 is 20.1 Å². The summed E-state index contributed by atoms with van der Waals surface area (Å²) in [6.45, 7) is 0. The summed E-state index contributed by atoms with van der Waals surface area (Å²) in [5.74, 6) is -1.10. The Balaban J connectivity index is 1.84. The largest absolute Gasteiger partial charge is 0.573 e. The number of thiol groups is 1. The summed E-state index contributed by atoms with van der Waals surface area (Å²) in [4.78, 5) is 36.7. The monoisotopic (exact) mass is 536 g/mol. The number of alkyl halides is 3. The van der Waals surface area contributed by atoms with Gasteiger partial charge in [-0.05, 0) is 35.9 Å². The molecule has 3 amide bonds. The van der Waals surface area contributed by atoms with Gasteiger partial charge >= 0.3 is 12.4 Å². The first-order valence-corrected chi connectivity index (χ1v) is 10.7. The predicted molar refractivity (Wildman–Crippen MR) is 130 cm³/mol. The highest BCUT2D eigenvalue weighted by molar-refractivity contribution is 7.78. The van der Waals surface area contributed by atoms with Gasteiger partial charge in [0.2, 0.25) is 0 Å². The SMILES string of the molecule is COc1ccc([N+](=O)[O-])cc1NC(=O)N(S)C(C(=O)Nc1ccc(OC(F)(F)F)cc1)c1ccccc1. The van der Waals surface area contributed by atoms with Crippen molar-refractivity contribution in [1.29, 1.82) is 0 Å². The van der Waals surface area contributed by atoms with Gasteiger partial charge in [-0.15, -0.1) is 13.2 Å². The molecule has 0 radical (unpaired) electrons. The summed E-state index contributed by atoms with van der Waals surface area (Å²) in [7, 11) is 1.31. The number of non-ortho nitro benzene ring substituents is 1. The van der Waals surface area contributed by atoms with Crippen molar-refractivity contribution in [2.24, 2.45) is 0 Å². The number of amides is 3. The number of anilines is 2. The normalized spacial score (nSPS) is 11.7. The third-order valence-corrected chi connectivity index (χ3v) is 5.22. The maximum Gasteiger partial charge on any atom is 0.573 e. The molecule has 194 valence electrons. The summed E-state index contributed by atoms with van der Waals surface area (Å²) < 4.78 is 46.9. The van der Waals surface area contributed by atoms with Gasteiger partial charge in [-0.25, -0.2) is 4.79 Å². The average molecular weight is 536 g/mol. The molecule has 0 saturated carbocycles. The summed E-state index contributed by atoms with van der Waals surface area (Å²) in [6.07, 6.45) is -4.87. The van der Waals surface area contributed by atoms with Crippen molar-refractivity contribution in [2.75, 3.05) is 17.7 Å². The number of rotatable bonds is 8. The van der Waals surface area contributed by atoms with Crippen molar-refractivity contribution < 1.29 is 37.2 Å². The molecule has 0 heterocycles. The maximum absolute atomic E-state index is 13.2. The third-order valence-electron chi connectivity index (χ3n) is 4.81. The van der Waals surface area contributed by atoms with Crippen molar-refractivity contribution in [2.45, 2.75) is 12.4 Å². The highest BCUT2D eigenvalue weighted by atomic mass is 32.1. The number of halogens is 3. The Morgan fingerprint density at radius 3 is 2.24 bits per heavy atom. The van der Waals surface area contributed by atoms with Crippen molar-refractivity contribution in [3.8, 4) is 11.5 Å². The van der Waals surface area contributed by atoms with Crippen LogP contribution < -0.4 is 20.1 Å². The molecule has 0 aliphatic rings. The van der Waals surface area contributed by atoms with Crippen LogP contribution in [0.15, 0.2) is 72.8 Å². The first-order valence-electron chi connectivity index (χ1n) is 10.3. The van der Waals surface area contributed by atoms with Crippen molar-refractivity contribution >= 4 is 41.8 Å². The molecular formula is C23H19F3N4O6S. The van der Waals surface area contributed by atoms with E-state index in [0.717, 1.165) is 22.5 Å². The summed E-state index contributed by atoms with van der Waals surface area (Å²) in [6, 6.07) is 13.8. The van der Waals surface area contributed by atoms with E-state index in [9.17, 15) is 32.9 Å². The number of nitro groups is 1. The van der Waals surface area contributed by atoms with E-state index in [1.54, 1.807) is 30.3 Å². The lowest BCUT2D eigenvalue weighted by Gasteiger charge is -2.27. The number of carbonyl (C=O) groups is 2. The molecule has 1 atom stereocenters. The Hall–Kier alpha value is -4.46. The fourth-order valence-corrected chi connectivity index (χ4v) is 3.47. The first-order chi connectivity index (χ1) is 17.5. The molecule has 2 N–H and O–H groups in total. The standard InChI is InChI=1S/C23H19F3N4O6S/c1-35-19-12-9-16(30(33)34)13-18(19)28-22(32)29(37)20(14-5-3-2-4-6-14)21(31)27-15-7-10-17(11-8-15)36-23(24,25)26/h2-13,20,37H,1H3,(H,27,31)(H,28,32). The minimum absolute atomic E-state index is 0.0341. The second-order valence-corrected chi connectivity index (χ2v) is 7.72. The zero-order valence-corrected chi connectivity index (χ0v) is 19.8. The molecule has 37 heavy (non-hydrogen) atoms. The molecule has 1 unspecified atom stereocenters.